The van der Waals surface area contributed by atoms with Crippen LogP contribution in [0.15, 0.2) is 0 Å². The second-order valence-electron chi connectivity index (χ2n) is 3.71. The minimum atomic E-state index is -4.01. The Bertz CT molecular complexity index is 457. The van der Waals surface area contributed by atoms with Gasteiger partial charge in [-0.05, 0) is 0 Å². The first-order chi connectivity index (χ1) is 7.93. The molecule has 0 aliphatic heterocycles. The molecule has 0 spiro atoms. The van der Waals surface area contributed by atoms with Gasteiger partial charge in [0, 0.05) is 12.2 Å². The van der Waals surface area contributed by atoms with E-state index in [-0.39, 0.29) is 6.42 Å². The van der Waals surface area contributed by atoms with E-state index in [0.29, 0.717) is 0 Å². The third-order valence-electron chi connectivity index (χ3n) is 1.71. The van der Waals surface area contributed by atoms with Crippen molar-refractivity contribution < 1.29 is 30.0 Å². The molecule has 0 heterocycles. The van der Waals surface area contributed by atoms with Crippen molar-refractivity contribution in [3.8, 4) is 0 Å². The molecule has 18 heavy (non-hydrogen) atoms. The van der Waals surface area contributed by atoms with Crippen molar-refractivity contribution in [2.75, 3.05) is 18.3 Å². The Balaban J connectivity index is 5.39. The number of carbonyl (C=O) groups excluding carboxylic acids is 1. The summed E-state index contributed by atoms with van der Waals surface area (Å²) in [6, 6.07) is 0. The van der Waals surface area contributed by atoms with Gasteiger partial charge in [0.15, 0.2) is 0 Å². The molecule has 0 radical (unpaired) electrons. The molecule has 0 saturated carbocycles. The van der Waals surface area contributed by atoms with E-state index in [9.17, 15) is 21.6 Å². The molecule has 0 atom stereocenters. The molecule has 0 fully saturated rings. The van der Waals surface area contributed by atoms with E-state index in [1.165, 1.54) is 0 Å². The highest BCUT2D eigenvalue weighted by atomic mass is 32.2. The zero-order chi connectivity index (χ0) is 14.6. The predicted octanol–water partition coefficient (Wildman–Crippen LogP) is -0.0659. The summed E-state index contributed by atoms with van der Waals surface area (Å²) in [5.74, 6) is -2.94. The van der Waals surface area contributed by atoms with Crippen molar-refractivity contribution in [3.63, 3.8) is 0 Å². The van der Waals surface area contributed by atoms with Crippen LogP contribution in [0.5, 0.6) is 0 Å². The monoisotopic (exact) mass is 320 g/mol. The molecule has 0 aliphatic rings. The molecule has 0 aromatic rings. The fourth-order valence-corrected chi connectivity index (χ4v) is 3.02. The van der Waals surface area contributed by atoms with Crippen molar-refractivity contribution in [1.29, 1.82) is 0 Å². The van der Waals surface area contributed by atoms with E-state index in [2.05, 4.69) is 21.0 Å². The van der Waals surface area contributed by atoms with E-state index in [4.69, 9.17) is 0 Å². The first kappa shape index (κ1) is 17.8. The van der Waals surface area contributed by atoms with Crippen LogP contribution in [0.1, 0.15) is 19.8 Å². The van der Waals surface area contributed by atoms with E-state index in [1.807, 2.05) is 0 Å². The van der Waals surface area contributed by atoms with Crippen LogP contribution in [0.4, 0.5) is 0 Å². The number of hydrogen-bond donors (Lipinski definition) is 1. The maximum absolute atomic E-state index is 11.4. The summed E-state index contributed by atoms with van der Waals surface area (Å²) in [6.07, 6.45) is 1.03. The highest BCUT2D eigenvalue weighted by Gasteiger charge is 2.40. The highest BCUT2D eigenvalue weighted by molar-refractivity contribution is 7.86. The van der Waals surface area contributed by atoms with Gasteiger partial charge in [0.2, 0.25) is 5.79 Å². The largest absolute Gasteiger partial charge is 0.300 e. The first-order valence-corrected chi connectivity index (χ1v) is 9.13. The van der Waals surface area contributed by atoms with Crippen LogP contribution in [0.2, 0.25) is 0 Å². The van der Waals surface area contributed by atoms with Crippen molar-refractivity contribution in [3.05, 3.63) is 0 Å². The van der Waals surface area contributed by atoms with Gasteiger partial charge < -0.3 is 0 Å². The summed E-state index contributed by atoms with van der Waals surface area (Å²) in [5.41, 5.74) is 0. The standard InChI is InChI=1S/C8H16O7S3/c1-4-7(9)5-8(6-16,14-17(2,10)11)15-18(3,12)13/h16H,4-6H2,1-3H3. The lowest BCUT2D eigenvalue weighted by Gasteiger charge is -2.28. The van der Waals surface area contributed by atoms with Crippen LogP contribution in [0.25, 0.3) is 0 Å². The lowest BCUT2D eigenvalue weighted by molar-refractivity contribution is -0.134. The number of ketones is 1. The van der Waals surface area contributed by atoms with Gasteiger partial charge in [-0.1, -0.05) is 6.92 Å². The number of carbonyl (C=O) groups is 1. The summed E-state index contributed by atoms with van der Waals surface area (Å²) < 4.78 is 53.7. The Morgan fingerprint density at radius 1 is 1.11 bits per heavy atom. The Kier molecular flexibility index (Phi) is 6.27. The van der Waals surface area contributed by atoms with Gasteiger partial charge in [0.05, 0.1) is 18.9 Å². The fraction of sp³-hybridized carbons (Fsp3) is 0.875. The summed E-state index contributed by atoms with van der Waals surface area (Å²) in [7, 11) is -8.02. The number of Topliss-reactive ketones (excluding diaryl/α,β-unsaturated/α-hetero) is 1. The van der Waals surface area contributed by atoms with Crippen LogP contribution in [-0.2, 0) is 33.4 Å². The summed E-state index contributed by atoms with van der Waals surface area (Å²) >= 11 is 3.81. The lowest BCUT2D eigenvalue weighted by Crippen LogP contribution is -2.43. The van der Waals surface area contributed by atoms with Crippen molar-refractivity contribution in [2.45, 2.75) is 25.6 Å². The zero-order valence-electron chi connectivity index (χ0n) is 10.2. The van der Waals surface area contributed by atoms with E-state index >= 15 is 0 Å². The molecular formula is C8H16O7S3. The quantitative estimate of drug-likeness (QED) is 0.379. The van der Waals surface area contributed by atoms with Crippen molar-refractivity contribution in [1.82, 2.24) is 0 Å². The SMILES string of the molecule is CCC(=O)CC(CS)(OS(C)(=O)=O)OS(C)(=O)=O. The molecule has 0 bridgehead atoms. The second-order valence-corrected chi connectivity index (χ2v) is 7.18. The molecular weight excluding hydrogens is 304 g/mol. The third-order valence-corrected chi connectivity index (χ3v) is 3.40. The van der Waals surface area contributed by atoms with E-state index < -0.39 is 44.0 Å². The molecule has 0 aliphatic carbocycles. The molecule has 0 aromatic carbocycles. The molecule has 108 valence electrons. The predicted molar refractivity (Wildman–Crippen MR) is 68.4 cm³/mol. The summed E-state index contributed by atoms with van der Waals surface area (Å²) in [4.78, 5) is 11.4. The van der Waals surface area contributed by atoms with E-state index in [1.54, 1.807) is 6.92 Å². The topological polar surface area (TPSA) is 104 Å². The minimum Gasteiger partial charge on any atom is -0.300 e. The second kappa shape index (κ2) is 6.33. The van der Waals surface area contributed by atoms with Gasteiger partial charge in [-0.3, -0.25) is 4.79 Å². The normalized spacial score (nSPS) is 13.6. The molecule has 0 rings (SSSR count). The maximum atomic E-state index is 11.4. The molecule has 0 N–H and O–H groups in total. The average molecular weight is 320 g/mol. The van der Waals surface area contributed by atoms with Gasteiger partial charge in [-0.2, -0.15) is 29.5 Å². The smallest absolute Gasteiger partial charge is 0.267 e. The molecule has 0 saturated heterocycles. The van der Waals surface area contributed by atoms with Gasteiger partial charge in [-0.25, -0.2) is 8.37 Å². The minimum absolute atomic E-state index is 0.0930. The van der Waals surface area contributed by atoms with Crippen LogP contribution < -0.4 is 0 Å². The lowest BCUT2D eigenvalue weighted by atomic mass is 10.1. The Morgan fingerprint density at radius 2 is 1.50 bits per heavy atom. The molecule has 0 amide bonds. The van der Waals surface area contributed by atoms with Crippen molar-refractivity contribution >= 4 is 38.6 Å². The summed E-state index contributed by atoms with van der Waals surface area (Å²) in [5, 5.41) is 0. The zero-order valence-corrected chi connectivity index (χ0v) is 12.8. The van der Waals surface area contributed by atoms with Crippen LogP contribution in [-0.4, -0.2) is 46.7 Å². The van der Waals surface area contributed by atoms with Gasteiger partial charge >= 0.3 is 0 Å². The molecule has 0 aromatic heterocycles. The van der Waals surface area contributed by atoms with Gasteiger partial charge in [0.25, 0.3) is 20.2 Å². The third kappa shape index (κ3) is 7.31. The number of thiol groups is 1. The average Bonchev–Trinajstić information content (AvgIpc) is 2.12. The number of hydrogen-bond acceptors (Lipinski definition) is 8. The molecule has 0 unspecified atom stereocenters. The molecule has 7 nitrogen and oxygen atoms in total. The molecule has 10 heteroatoms. The Hall–Kier alpha value is -0.160. The van der Waals surface area contributed by atoms with E-state index in [0.717, 1.165) is 12.5 Å². The Labute approximate surface area is 113 Å². The maximum Gasteiger partial charge on any atom is 0.267 e. The highest BCUT2D eigenvalue weighted by Crippen LogP contribution is 2.25. The summed E-state index contributed by atoms with van der Waals surface area (Å²) in [6.45, 7) is 1.55. The van der Waals surface area contributed by atoms with Crippen LogP contribution in [0, 0.1) is 0 Å². The van der Waals surface area contributed by atoms with Crippen LogP contribution in [0.3, 0.4) is 0 Å². The Morgan fingerprint density at radius 3 is 1.72 bits per heavy atom. The van der Waals surface area contributed by atoms with Crippen LogP contribution >= 0.6 is 12.6 Å². The van der Waals surface area contributed by atoms with Crippen molar-refractivity contribution in [2.24, 2.45) is 0 Å². The van der Waals surface area contributed by atoms with Gasteiger partial charge in [-0.15, -0.1) is 0 Å². The van der Waals surface area contributed by atoms with Gasteiger partial charge in [0.1, 0.15) is 5.78 Å². The first-order valence-electron chi connectivity index (χ1n) is 4.87. The fourth-order valence-electron chi connectivity index (χ4n) is 1.16. The number of rotatable bonds is 8.